The molecule has 0 aromatic rings. The number of carbonyl (C=O) groups excluding carboxylic acids is 1. The zero-order chi connectivity index (χ0) is 9.54. The highest BCUT2D eigenvalue weighted by Crippen LogP contribution is 2.38. The number of Topliss-reactive ketones (excluding diaryl/α,β-unsaturated/α-hetero) is 1. The highest BCUT2D eigenvalue weighted by molar-refractivity contribution is 5.81. The second-order valence-corrected chi connectivity index (χ2v) is 4.71. The van der Waals surface area contributed by atoms with Crippen molar-refractivity contribution >= 4 is 5.78 Å². The predicted octanol–water partition coefficient (Wildman–Crippen LogP) is 1.16. The molecule has 0 aromatic carbocycles. The third-order valence-electron chi connectivity index (χ3n) is 3.75. The first-order valence-electron chi connectivity index (χ1n) is 5.60. The van der Waals surface area contributed by atoms with E-state index < -0.39 is 0 Å². The fraction of sp³-hybridized carbons (Fsp3) is 0.909. The van der Waals surface area contributed by atoms with Gasteiger partial charge in [0.15, 0.2) is 0 Å². The van der Waals surface area contributed by atoms with Gasteiger partial charge in [0.2, 0.25) is 0 Å². The molecule has 4 atom stereocenters. The first-order valence-corrected chi connectivity index (χ1v) is 5.60. The molecule has 0 spiro atoms. The van der Waals surface area contributed by atoms with E-state index >= 15 is 0 Å². The average molecular weight is 196 g/mol. The summed E-state index contributed by atoms with van der Waals surface area (Å²) in [4.78, 5) is 11.8. The molecule has 78 valence electrons. The molecule has 3 heteroatoms. The van der Waals surface area contributed by atoms with Crippen LogP contribution < -0.4 is 0 Å². The molecule has 0 aromatic heterocycles. The van der Waals surface area contributed by atoms with Crippen molar-refractivity contribution in [2.45, 2.75) is 37.9 Å². The third kappa shape index (κ3) is 1.48. The van der Waals surface area contributed by atoms with E-state index in [1.54, 1.807) is 0 Å². The zero-order valence-electron chi connectivity index (χ0n) is 8.28. The van der Waals surface area contributed by atoms with Gasteiger partial charge in [0.05, 0.1) is 25.4 Å². The molecule has 2 aliphatic heterocycles. The maximum atomic E-state index is 11.8. The molecular weight excluding hydrogens is 180 g/mol. The van der Waals surface area contributed by atoms with Gasteiger partial charge in [-0.15, -0.1) is 0 Å². The molecule has 3 rings (SSSR count). The molecule has 0 amide bonds. The highest BCUT2D eigenvalue weighted by atomic mass is 16.6. The number of ether oxygens (including phenoxy) is 2. The molecule has 3 nitrogen and oxygen atoms in total. The molecule has 1 aliphatic carbocycles. The molecule has 3 fully saturated rings. The zero-order valence-corrected chi connectivity index (χ0v) is 8.28. The lowest BCUT2D eigenvalue weighted by Gasteiger charge is -2.14. The number of carbonyl (C=O) groups is 1. The molecule has 1 saturated carbocycles. The summed E-state index contributed by atoms with van der Waals surface area (Å²) >= 11 is 0. The van der Waals surface area contributed by atoms with Crippen LogP contribution in [0.25, 0.3) is 0 Å². The number of epoxide rings is 1. The Balaban J connectivity index is 1.74. The lowest BCUT2D eigenvalue weighted by atomic mass is 9.87. The monoisotopic (exact) mass is 196 g/mol. The summed E-state index contributed by atoms with van der Waals surface area (Å²) < 4.78 is 11.0. The van der Waals surface area contributed by atoms with E-state index in [-0.39, 0.29) is 5.92 Å². The second kappa shape index (κ2) is 3.31. The molecule has 14 heavy (non-hydrogen) atoms. The molecule has 3 aliphatic rings. The second-order valence-electron chi connectivity index (χ2n) is 4.71. The Morgan fingerprint density at radius 2 is 2.14 bits per heavy atom. The summed E-state index contributed by atoms with van der Waals surface area (Å²) in [5, 5.41) is 0. The van der Waals surface area contributed by atoms with Crippen molar-refractivity contribution in [3.63, 3.8) is 0 Å². The van der Waals surface area contributed by atoms with Gasteiger partial charge in [-0.2, -0.15) is 0 Å². The van der Waals surface area contributed by atoms with Crippen LogP contribution in [0.4, 0.5) is 0 Å². The lowest BCUT2D eigenvalue weighted by molar-refractivity contribution is -0.124. The predicted molar refractivity (Wildman–Crippen MR) is 49.9 cm³/mol. The molecule has 0 radical (unpaired) electrons. The van der Waals surface area contributed by atoms with E-state index in [2.05, 4.69) is 0 Å². The summed E-state index contributed by atoms with van der Waals surface area (Å²) in [6.07, 6.45) is 4.76. The Hall–Kier alpha value is -0.410. The van der Waals surface area contributed by atoms with Crippen molar-refractivity contribution in [2.75, 3.05) is 13.2 Å². The summed E-state index contributed by atoms with van der Waals surface area (Å²) in [5.41, 5.74) is 0. The molecular formula is C11H16O3. The first kappa shape index (κ1) is 8.86. The minimum atomic E-state index is 0.179. The number of fused-ring (bicyclic) bond motifs is 2. The minimum absolute atomic E-state index is 0.179. The Morgan fingerprint density at radius 3 is 3.07 bits per heavy atom. The van der Waals surface area contributed by atoms with Crippen LogP contribution in [0.2, 0.25) is 0 Å². The number of ketones is 1. The van der Waals surface area contributed by atoms with Crippen LogP contribution in [0, 0.1) is 11.8 Å². The molecule has 2 heterocycles. The van der Waals surface area contributed by atoms with Crippen molar-refractivity contribution in [2.24, 2.45) is 11.8 Å². The van der Waals surface area contributed by atoms with Crippen molar-refractivity contribution in [3.05, 3.63) is 0 Å². The Bertz CT molecular complexity index is 251. The van der Waals surface area contributed by atoms with Gasteiger partial charge in [-0.25, -0.2) is 0 Å². The number of rotatable bonds is 0. The SMILES string of the molecule is O=C1CCC[C@H]2O[C@H]2C[C@H]2COC[C@@H]12. The van der Waals surface area contributed by atoms with Crippen LogP contribution in [0.15, 0.2) is 0 Å². The van der Waals surface area contributed by atoms with E-state index in [0.717, 1.165) is 32.3 Å². The van der Waals surface area contributed by atoms with Gasteiger partial charge >= 0.3 is 0 Å². The summed E-state index contributed by atoms with van der Waals surface area (Å²) in [6.45, 7) is 1.42. The normalized spacial score (nSPS) is 47.3. The number of hydrogen-bond donors (Lipinski definition) is 0. The first-order chi connectivity index (χ1) is 6.84. The van der Waals surface area contributed by atoms with Gasteiger partial charge < -0.3 is 9.47 Å². The maximum Gasteiger partial charge on any atom is 0.138 e. The average Bonchev–Trinajstić information content (AvgIpc) is 2.73. The summed E-state index contributed by atoms with van der Waals surface area (Å²) in [7, 11) is 0. The number of hydrogen-bond acceptors (Lipinski definition) is 3. The van der Waals surface area contributed by atoms with Crippen molar-refractivity contribution in [1.82, 2.24) is 0 Å². The van der Waals surface area contributed by atoms with Gasteiger partial charge in [0.25, 0.3) is 0 Å². The highest BCUT2D eigenvalue weighted by Gasteiger charge is 2.45. The van der Waals surface area contributed by atoms with E-state index in [1.165, 1.54) is 0 Å². The van der Waals surface area contributed by atoms with Crippen LogP contribution >= 0.6 is 0 Å². The quantitative estimate of drug-likeness (QED) is 0.546. The van der Waals surface area contributed by atoms with Crippen LogP contribution in [-0.4, -0.2) is 31.2 Å². The van der Waals surface area contributed by atoms with Gasteiger partial charge in [-0.05, 0) is 25.2 Å². The minimum Gasteiger partial charge on any atom is -0.380 e. The smallest absolute Gasteiger partial charge is 0.138 e. The van der Waals surface area contributed by atoms with Crippen molar-refractivity contribution in [3.8, 4) is 0 Å². The van der Waals surface area contributed by atoms with E-state index in [9.17, 15) is 4.79 Å². The van der Waals surface area contributed by atoms with Crippen LogP contribution in [0.1, 0.15) is 25.7 Å². The maximum absolute atomic E-state index is 11.8. The Labute approximate surface area is 83.8 Å². The van der Waals surface area contributed by atoms with Crippen LogP contribution in [0.5, 0.6) is 0 Å². The largest absolute Gasteiger partial charge is 0.380 e. The van der Waals surface area contributed by atoms with Gasteiger partial charge in [0, 0.05) is 12.3 Å². The molecule has 0 unspecified atom stereocenters. The molecule has 2 saturated heterocycles. The topological polar surface area (TPSA) is 38.8 Å². The molecule has 0 N–H and O–H groups in total. The van der Waals surface area contributed by atoms with Crippen LogP contribution in [-0.2, 0) is 14.3 Å². The Kier molecular flexibility index (Phi) is 2.10. The Morgan fingerprint density at radius 1 is 1.21 bits per heavy atom. The van der Waals surface area contributed by atoms with Crippen molar-refractivity contribution < 1.29 is 14.3 Å². The third-order valence-corrected chi connectivity index (χ3v) is 3.75. The van der Waals surface area contributed by atoms with Gasteiger partial charge in [0.1, 0.15) is 5.78 Å². The van der Waals surface area contributed by atoms with E-state index in [0.29, 0.717) is 30.5 Å². The summed E-state index contributed by atoms with van der Waals surface area (Å²) in [5.74, 6) is 1.04. The van der Waals surface area contributed by atoms with Crippen molar-refractivity contribution in [1.29, 1.82) is 0 Å². The fourth-order valence-corrected chi connectivity index (χ4v) is 2.79. The lowest BCUT2D eigenvalue weighted by Crippen LogP contribution is -2.23. The van der Waals surface area contributed by atoms with Gasteiger partial charge in [-0.3, -0.25) is 4.79 Å². The standard InChI is InChI=1S/C11H16O3/c12-9-2-1-3-10-11(14-10)4-7-5-13-6-8(7)9/h7-8,10-11H,1-6H2/t7-,8+,10+,11-/m0/s1. The molecule has 0 bridgehead atoms. The van der Waals surface area contributed by atoms with E-state index in [4.69, 9.17) is 9.47 Å². The van der Waals surface area contributed by atoms with E-state index in [1.807, 2.05) is 0 Å². The van der Waals surface area contributed by atoms with Crippen LogP contribution in [0.3, 0.4) is 0 Å². The summed E-state index contributed by atoms with van der Waals surface area (Å²) in [6, 6.07) is 0. The van der Waals surface area contributed by atoms with Gasteiger partial charge in [-0.1, -0.05) is 0 Å². The fourth-order valence-electron chi connectivity index (χ4n) is 2.79.